The Balaban J connectivity index is 0.00000225. The molecule has 0 radical (unpaired) electrons. The number of amides is 1. The summed E-state index contributed by atoms with van der Waals surface area (Å²) < 4.78 is 0. The van der Waals surface area contributed by atoms with Gasteiger partial charge in [0.1, 0.15) is 0 Å². The van der Waals surface area contributed by atoms with Crippen LogP contribution >= 0.6 is 23.7 Å². The average Bonchev–Trinajstić information content (AvgIpc) is 2.67. The maximum Gasteiger partial charge on any atom is 0.221 e. The first-order valence-electron chi connectivity index (χ1n) is 5.06. The molecule has 1 rings (SSSR count). The van der Waals surface area contributed by atoms with E-state index in [0.29, 0.717) is 13.0 Å². The molecular formula is C11H19ClN2OS. The Labute approximate surface area is 107 Å². The second-order valence-electron chi connectivity index (χ2n) is 4.00. The number of carbonyl (C=O) groups excluding carboxylic acids is 1. The number of thiophene rings is 1. The van der Waals surface area contributed by atoms with Crippen molar-refractivity contribution < 1.29 is 4.79 Å². The summed E-state index contributed by atoms with van der Waals surface area (Å²) in [6.45, 7) is 4.76. The topological polar surface area (TPSA) is 41.1 Å². The Morgan fingerprint density at radius 1 is 1.50 bits per heavy atom. The summed E-state index contributed by atoms with van der Waals surface area (Å²) in [7, 11) is 1.84. The maximum absolute atomic E-state index is 11.6. The zero-order chi connectivity index (χ0) is 11.3. The molecule has 0 unspecified atom stereocenters. The Hall–Kier alpha value is -0.580. The van der Waals surface area contributed by atoms with Gasteiger partial charge in [0.05, 0.1) is 5.54 Å². The molecule has 0 bridgehead atoms. The zero-order valence-corrected chi connectivity index (χ0v) is 11.5. The van der Waals surface area contributed by atoms with Crippen molar-refractivity contribution in [2.75, 3.05) is 13.6 Å². The maximum atomic E-state index is 11.6. The first kappa shape index (κ1) is 15.4. The third-order valence-electron chi connectivity index (χ3n) is 2.19. The van der Waals surface area contributed by atoms with Crippen LogP contribution in [0.2, 0.25) is 0 Å². The van der Waals surface area contributed by atoms with Gasteiger partial charge in [-0.3, -0.25) is 4.79 Å². The molecule has 92 valence electrons. The molecule has 0 aliphatic heterocycles. The van der Waals surface area contributed by atoms with Crippen LogP contribution in [0.25, 0.3) is 0 Å². The third-order valence-corrected chi connectivity index (χ3v) is 3.38. The van der Waals surface area contributed by atoms with Gasteiger partial charge >= 0.3 is 0 Å². The Morgan fingerprint density at radius 3 is 2.69 bits per heavy atom. The van der Waals surface area contributed by atoms with Crippen molar-refractivity contribution in [3.05, 3.63) is 22.4 Å². The molecule has 16 heavy (non-hydrogen) atoms. The number of carbonyl (C=O) groups is 1. The van der Waals surface area contributed by atoms with Crippen LogP contribution in [0.4, 0.5) is 0 Å². The van der Waals surface area contributed by atoms with E-state index in [-0.39, 0.29) is 23.9 Å². The summed E-state index contributed by atoms with van der Waals surface area (Å²) in [5, 5.41) is 8.01. The molecule has 0 atom stereocenters. The smallest absolute Gasteiger partial charge is 0.221 e. The van der Waals surface area contributed by atoms with Crippen LogP contribution in [0.3, 0.4) is 0 Å². The van der Waals surface area contributed by atoms with Gasteiger partial charge in [-0.15, -0.1) is 23.7 Å². The SMILES string of the molecule is CNCCC(=O)NC(C)(C)c1cccs1.Cl. The van der Waals surface area contributed by atoms with E-state index in [4.69, 9.17) is 0 Å². The van der Waals surface area contributed by atoms with Gasteiger partial charge < -0.3 is 10.6 Å². The molecule has 0 aromatic carbocycles. The van der Waals surface area contributed by atoms with E-state index in [1.807, 2.05) is 38.4 Å². The molecule has 0 saturated heterocycles. The van der Waals surface area contributed by atoms with Gasteiger partial charge in [0, 0.05) is 17.8 Å². The van der Waals surface area contributed by atoms with Gasteiger partial charge in [-0.05, 0) is 32.3 Å². The number of hydrogen-bond acceptors (Lipinski definition) is 3. The van der Waals surface area contributed by atoms with Crippen LogP contribution in [-0.2, 0) is 10.3 Å². The van der Waals surface area contributed by atoms with Crippen molar-refractivity contribution in [3.63, 3.8) is 0 Å². The monoisotopic (exact) mass is 262 g/mol. The molecule has 3 nitrogen and oxygen atoms in total. The van der Waals surface area contributed by atoms with E-state index in [2.05, 4.69) is 10.6 Å². The molecule has 5 heteroatoms. The van der Waals surface area contributed by atoms with Crippen LogP contribution in [0.1, 0.15) is 25.1 Å². The quantitative estimate of drug-likeness (QED) is 0.854. The Bertz CT molecular complexity index is 312. The summed E-state index contributed by atoms with van der Waals surface area (Å²) in [5.74, 6) is 0.0859. The minimum atomic E-state index is -0.265. The number of hydrogen-bond donors (Lipinski definition) is 2. The predicted octanol–water partition coefficient (Wildman–Crippen LogP) is 2.13. The Morgan fingerprint density at radius 2 is 2.19 bits per heavy atom. The lowest BCUT2D eigenvalue weighted by molar-refractivity contribution is -0.122. The van der Waals surface area contributed by atoms with Crippen LogP contribution in [0.15, 0.2) is 17.5 Å². The summed E-state index contributed by atoms with van der Waals surface area (Å²) >= 11 is 1.67. The second kappa shape index (κ2) is 6.89. The highest BCUT2D eigenvalue weighted by Crippen LogP contribution is 2.24. The summed E-state index contributed by atoms with van der Waals surface area (Å²) in [6, 6.07) is 4.05. The number of rotatable bonds is 5. The van der Waals surface area contributed by atoms with Gasteiger partial charge in [-0.25, -0.2) is 0 Å². The molecule has 0 spiro atoms. The minimum absolute atomic E-state index is 0. The van der Waals surface area contributed by atoms with Crippen molar-refractivity contribution in [2.24, 2.45) is 0 Å². The van der Waals surface area contributed by atoms with Gasteiger partial charge in [-0.2, -0.15) is 0 Å². The highest BCUT2D eigenvalue weighted by Gasteiger charge is 2.23. The van der Waals surface area contributed by atoms with Crippen molar-refractivity contribution in [1.29, 1.82) is 0 Å². The van der Waals surface area contributed by atoms with Crippen LogP contribution in [-0.4, -0.2) is 19.5 Å². The summed E-state index contributed by atoms with van der Waals surface area (Å²) in [4.78, 5) is 12.7. The standard InChI is InChI=1S/C11H18N2OS.ClH/c1-11(2,9-5-4-8-15-9)13-10(14)6-7-12-3;/h4-5,8,12H,6-7H2,1-3H3,(H,13,14);1H. The minimum Gasteiger partial charge on any atom is -0.346 e. The van der Waals surface area contributed by atoms with Gasteiger partial charge in [0.15, 0.2) is 0 Å². The van der Waals surface area contributed by atoms with Crippen molar-refractivity contribution in [1.82, 2.24) is 10.6 Å². The fraction of sp³-hybridized carbons (Fsp3) is 0.545. The second-order valence-corrected chi connectivity index (χ2v) is 4.95. The average molecular weight is 263 g/mol. The fourth-order valence-corrected chi connectivity index (χ4v) is 2.15. The van der Waals surface area contributed by atoms with E-state index >= 15 is 0 Å². The molecule has 0 aliphatic rings. The molecule has 2 N–H and O–H groups in total. The lowest BCUT2D eigenvalue weighted by Gasteiger charge is -2.25. The largest absolute Gasteiger partial charge is 0.346 e. The Kier molecular flexibility index (Phi) is 6.64. The van der Waals surface area contributed by atoms with E-state index < -0.39 is 0 Å². The van der Waals surface area contributed by atoms with Crippen LogP contribution < -0.4 is 10.6 Å². The highest BCUT2D eigenvalue weighted by molar-refractivity contribution is 7.10. The highest BCUT2D eigenvalue weighted by atomic mass is 35.5. The fourth-order valence-electron chi connectivity index (χ4n) is 1.35. The van der Waals surface area contributed by atoms with E-state index in [9.17, 15) is 4.79 Å². The van der Waals surface area contributed by atoms with Gasteiger partial charge in [-0.1, -0.05) is 6.07 Å². The molecule has 0 aliphatic carbocycles. The van der Waals surface area contributed by atoms with E-state index in [1.165, 1.54) is 4.88 Å². The number of halogens is 1. The number of nitrogens with one attached hydrogen (secondary N) is 2. The predicted molar refractivity (Wildman–Crippen MR) is 71.3 cm³/mol. The molecule has 1 aromatic heterocycles. The molecule has 0 fully saturated rings. The zero-order valence-electron chi connectivity index (χ0n) is 9.87. The summed E-state index contributed by atoms with van der Waals surface area (Å²) in [5.41, 5.74) is -0.265. The molecule has 1 amide bonds. The first-order valence-corrected chi connectivity index (χ1v) is 5.94. The van der Waals surface area contributed by atoms with E-state index in [0.717, 1.165) is 0 Å². The van der Waals surface area contributed by atoms with Gasteiger partial charge in [0.25, 0.3) is 0 Å². The lowest BCUT2D eigenvalue weighted by atomic mass is 10.0. The van der Waals surface area contributed by atoms with Crippen molar-refractivity contribution in [3.8, 4) is 0 Å². The van der Waals surface area contributed by atoms with Crippen molar-refractivity contribution in [2.45, 2.75) is 25.8 Å². The molecular weight excluding hydrogens is 244 g/mol. The van der Waals surface area contributed by atoms with Crippen molar-refractivity contribution >= 4 is 29.7 Å². The lowest BCUT2D eigenvalue weighted by Crippen LogP contribution is -2.41. The molecule has 1 heterocycles. The molecule has 1 aromatic rings. The third kappa shape index (κ3) is 4.51. The molecule has 0 saturated carbocycles. The normalized spacial score (nSPS) is 10.7. The van der Waals surface area contributed by atoms with Gasteiger partial charge in [0.2, 0.25) is 5.91 Å². The van der Waals surface area contributed by atoms with E-state index in [1.54, 1.807) is 11.3 Å². The first-order chi connectivity index (χ1) is 7.06. The van der Waals surface area contributed by atoms with Crippen LogP contribution in [0.5, 0.6) is 0 Å². The summed E-state index contributed by atoms with van der Waals surface area (Å²) in [6.07, 6.45) is 0.519. The van der Waals surface area contributed by atoms with Crippen LogP contribution in [0, 0.1) is 0 Å².